The first-order valence-corrected chi connectivity index (χ1v) is 4.54. The summed E-state index contributed by atoms with van der Waals surface area (Å²) < 4.78 is 15.4. The highest BCUT2D eigenvalue weighted by molar-refractivity contribution is 7.62. The zero-order valence-electron chi connectivity index (χ0n) is 7.17. The number of hydrogen-bond acceptors (Lipinski definition) is 3. The van der Waals surface area contributed by atoms with E-state index in [4.69, 9.17) is 13.6 Å². The zero-order chi connectivity index (χ0) is 8.20. The van der Waals surface area contributed by atoms with E-state index in [9.17, 15) is 0 Å². The van der Waals surface area contributed by atoms with Gasteiger partial charge in [-0.25, -0.2) is 0 Å². The van der Waals surface area contributed by atoms with Crippen LogP contribution in [0.15, 0.2) is 0 Å². The molecule has 0 fully saturated rings. The molecule has 4 heteroatoms. The Morgan fingerprint density at radius 1 is 0.900 bits per heavy atom. The Morgan fingerprint density at radius 2 is 1.20 bits per heavy atom. The first-order chi connectivity index (χ1) is 4.63. The Kier molecular flexibility index (Phi) is 4.22. The Bertz CT molecular complexity index is 130. The fourth-order valence-electron chi connectivity index (χ4n) is 0.771. The SMILES string of the molecule is COP(OC)(OC)=C(C)C. The molecular weight excluding hydrogens is 151 g/mol. The van der Waals surface area contributed by atoms with Crippen molar-refractivity contribution in [2.45, 2.75) is 13.8 Å². The molecule has 0 aliphatic heterocycles. The van der Waals surface area contributed by atoms with E-state index in [1.807, 2.05) is 13.8 Å². The lowest BCUT2D eigenvalue weighted by atomic mass is 10.6. The summed E-state index contributed by atoms with van der Waals surface area (Å²) in [6, 6.07) is 0. The molecule has 0 saturated carbocycles. The van der Waals surface area contributed by atoms with Crippen LogP contribution in [-0.4, -0.2) is 26.6 Å². The second-order valence-corrected chi connectivity index (χ2v) is 4.98. The van der Waals surface area contributed by atoms with Crippen molar-refractivity contribution in [3.63, 3.8) is 0 Å². The molecule has 0 aromatic carbocycles. The maximum Gasteiger partial charge on any atom is 0.255 e. The predicted octanol–water partition coefficient (Wildman–Crippen LogP) is 1.90. The highest BCUT2D eigenvalue weighted by Gasteiger charge is 2.16. The standard InChI is InChI=1S/C6H15O3P/c1-6(2)10(7-3,8-4)9-5/h1-5H3. The molecule has 0 radical (unpaired) electrons. The van der Waals surface area contributed by atoms with Gasteiger partial charge in [0.2, 0.25) is 0 Å². The van der Waals surface area contributed by atoms with Crippen LogP contribution in [0.25, 0.3) is 0 Å². The van der Waals surface area contributed by atoms with Gasteiger partial charge in [-0.3, -0.25) is 0 Å². The topological polar surface area (TPSA) is 27.7 Å². The van der Waals surface area contributed by atoms with Gasteiger partial charge < -0.3 is 13.6 Å². The third kappa shape index (κ3) is 1.83. The molecule has 0 heterocycles. The van der Waals surface area contributed by atoms with Gasteiger partial charge in [-0.1, -0.05) is 0 Å². The average Bonchev–Trinajstić information content (AvgIpc) is 1.92. The van der Waals surface area contributed by atoms with E-state index in [2.05, 4.69) is 0 Å². The third-order valence-corrected chi connectivity index (χ3v) is 3.81. The molecular formula is C6H15O3P. The Labute approximate surface area is 62.5 Å². The summed E-state index contributed by atoms with van der Waals surface area (Å²) in [5.74, 6) is 0. The van der Waals surface area contributed by atoms with Gasteiger partial charge in [0.25, 0.3) is 7.57 Å². The smallest absolute Gasteiger partial charge is 0.255 e. The minimum atomic E-state index is -2.09. The molecule has 10 heavy (non-hydrogen) atoms. The number of hydrogen-bond donors (Lipinski definition) is 0. The molecule has 0 aromatic heterocycles. The fraction of sp³-hybridized carbons (Fsp3) is 0.833. The molecule has 62 valence electrons. The Balaban J connectivity index is 4.66. The lowest BCUT2D eigenvalue weighted by Gasteiger charge is -2.21. The van der Waals surface area contributed by atoms with Gasteiger partial charge in [0, 0.05) is 21.3 Å². The van der Waals surface area contributed by atoms with Gasteiger partial charge in [0.15, 0.2) is 0 Å². The lowest BCUT2D eigenvalue weighted by Crippen LogP contribution is -1.99. The summed E-state index contributed by atoms with van der Waals surface area (Å²) in [5, 5.41) is 1.04. The predicted molar refractivity (Wildman–Crippen MR) is 44.3 cm³/mol. The highest BCUT2D eigenvalue weighted by Crippen LogP contribution is 2.50. The summed E-state index contributed by atoms with van der Waals surface area (Å²) in [4.78, 5) is 0. The summed E-state index contributed by atoms with van der Waals surface area (Å²) in [5.41, 5.74) is 0. The second kappa shape index (κ2) is 4.14. The van der Waals surface area contributed by atoms with Crippen molar-refractivity contribution in [1.29, 1.82) is 0 Å². The summed E-state index contributed by atoms with van der Waals surface area (Å²) in [6.07, 6.45) is 0. The molecule has 0 spiro atoms. The first kappa shape index (κ1) is 10.2. The second-order valence-electron chi connectivity index (χ2n) is 1.99. The average molecular weight is 166 g/mol. The molecule has 0 unspecified atom stereocenters. The number of rotatable bonds is 3. The molecule has 0 amide bonds. The van der Waals surface area contributed by atoms with Crippen molar-refractivity contribution in [3.8, 4) is 0 Å². The molecule has 0 atom stereocenters. The Hall–Kier alpha value is 0.180. The minimum Gasteiger partial charge on any atom is -0.320 e. The summed E-state index contributed by atoms with van der Waals surface area (Å²) >= 11 is 0. The van der Waals surface area contributed by atoms with Crippen molar-refractivity contribution < 1.29 is 13.6 Å². The van der Waals surface area contributed by atoms with E-state index in [1.54, 1.807) is 21.3 Å². The van der Waals surface area contributed by atoms with E-state index in [0.717, 1.165) is 5.29 Å². The molecule has 0 aliphatic rings. The maximum atomic E-state index is 5.13. The normalized spacial score (nSPS) is 11.7. The summed E-state index contributed by atoms with van der Waals surface area (Å²) in [7, 11) is 2.68. The van der Waals surface area contributed by atoms with Crippen molar-refractivity contribution in [1.82, 2.24) is 0 Å². The van der Waals surface area contributed by atoms with Crippen LogP contribution in [0.5, 0.6) is 0 Å². The molecule has 0 aliphatic carbocycles. The fourth-order valence-corrected chi connectivity index (χ4v) is 2.31. The van der Waals surface area contributed by atoms with Crippen LogP contribution in [0.3, 0.4) is 0 Å². The van der Waals surface area contributed by atoms with E-state index in [-0.39, 0.29) is 0 Å². The maximum absolute atomic E-state index is 5.13. The van der Waals surface area contributed by atoms with Crippen LogP contribution in [0.2, 0.25) is 0 Å². The van der Waals surface area contributed by atoms with Gasteiger partial charge in [0.1, 0.15) is 0 Å². The van der Waals surface area contributed by atoms with Gasteiger partial charge in [-0.2, -0.15) is 0 Å². The van der Waals surface area contributed by atoms with Crippen molar-refractivity contribution in [2.24, 2.45) is 0 Å². The van der Waals surface area contributed by atoms with E-state index < -0.39 is 7.57 Å². The molecule has 3 nitrogen and oxygen atoms in total. The highest BCUT2D eigenvalue weighted by atomic mass is 31.2. The third-order valence-electron chi connectivity index (χ3n) is 1.27. The monoisotopic (exact) mass is 166 g/mol. The van der Waals surface area contributed by atoms with Crippen LogP contribution in [-0.2, 0) is 13.6 Å². The van der Waals surface area contributed by atoms with Crippen LogP contribution in [0.4, 0.5) is 0 Å². The minimum absolute atomic E-state index is 1.04. The first-order valence-electron chi connectivity index (χ1n) is 3.00. The lowest BCUT2D eigenvalue weighted by molar-refractivity contribution is 0.232. The van der Waals surface area contributed by atoms with Gasteiger partial charge in [-0.05, 0) is 19.1 Å². The van der Waals surface area contributed by atoms with Gasteiger partial charge in [0.05, 0.1) is 0 Å². The van der Waals surface area contributed by atoms with E-state index >= 15 is 0 Å². The van der Waals surface area contributed by atoms with Crippen LogP contribution in [0, 0.1) is 0 Å². The van der Waals surface area contributed by atoms with Crippen LogP contribution >= 0.6 is 7.57 Å². The van der Waals surface area contributed by atoms with E-state index in [0.29, 0.717) is 0 Å². The zero-order valence-corrected chi connectivity index (χ0v) is 8.07. The molecule has 0 aromatic rings. The van der Waals surface area contributed by atoms with Gasteiger partial charge >= 0.3 is 0 Å². The van der Waals surface area contributed by atoms with Crippen LogP contribution < -0.4 is 0 Å². The Morgan fingerprint density at radius 3 is 1.20 bits per heavy atom. The molecule has 0 N–H and O–H groups in total. The van der Waals surface area contributed by atoms with Crippen molar-refractivity contribution in [2.75, 3.05) is 21.3 Å². The van der Waals surface area contributed by atoms with Crippen molar-refractivity contribution >= 4 is 12.9 Å². The summed E-state index contributed by atoms with van der Waals surface area (Å²) in [6.45, 7) is 3.87. The molecule has 0 bridgehead atoms. The quantitative estimate of drug-likeness (QED) is 0.599. The largest absolute Gasteiger partial charge is 0.320 e. The van der Waals surface area contributed by atoms with Crippen LogP contribution in [0.1, 0.15) is 13.8 Å². The van der Waals surface area contributed by atoms with Crippen molar-refractivity contribution in [3.05, 3.63) is 0 Å². The molecule has 0 saturated heterocycles. The van der Waals surface area contributed by atoms with E-state index in [1.165, 1.54) is 0 Å². The van der Waals surface area contributed by atoms with Gasteiger partial charge in [-0.15, -0.1) is 0 Å². The molecule has 0 rings (SSSR count).